The number of rotatable bonds is 15. The summed E-state index contributed by atoms with van der Waals surface area (Å²) in [4.78, 5) is 9.96. The average molecular weight is 257 g/mol. The lowest BCUT2D eigenvalue weighted by Gasteiger charge is -2.04. The first kappa shape index (κ1) is 17.4. The Bertz CT molecular complexity index is 163. The molecule has 108 valence electrons. The number of hydrogen-bond donors (Lipinski definition) is 1. The molecule has 0 unspecified atom stereocenters. The molecule has 0 aromatic heterocycles. The molecular formula is C15H31NO2. The largest absolute Gasteiger partial charge is 0.380 e. The average Bonchev–Trinajstić information content (AvgIpc) is 2.39. The van der Waals surface area contributed by atoms with Gasteiger partial charge in [0.05, 0.1) is 6.61 Å². The van der Waals surface area contributed by atoms with E-state index < -0.39 is 0 Å². The number of unbranched alkanes of at least 4 members (excludes halogenated alkanes) is 9. The van der Waals surface area contributed by atoms with Crippen molar-refractivity contribution in [3.63, 3.8) is 0 Å². The van der Waals surface area contributed by atoms with Gasteiger partial charge in [0.15, 0.2) is 0 Å². The Labute approximate surface area is 113 Å². The van der Waals surface area contributed by atoms with E-state index in [1.54, 1.807) is 0 Å². The zero-order valence-electron chi connectivity index (χ0n) is 12.1. The molecule has 0 heterocycles. The molecule has 0 aromatic carbocycles. The van der Waals surface area contributed by atoms with E-state index >= 15 is 0 Å². The number of ether oxygens (including phenoxy) is 1. The molecular weight excluding hydrogens is 226 g/mol. The van der Waals surface area contributed by atoms with E-state index in [2.05, 4.69) is 12.2 Å². The molecule has 0 aromatic rings. The number of amides is 1. The van der Waals surface area contributed by atoms with Crippen molar-refractivity contribution in [2.45, 2.75) is 71.1 Å². The predicted molar refractivity (Wildman–Crippen MR) is 76.7 cm³/mol. The maximum Gasteiger partial charge on any atom is 0.207 e. The molecule has 1 N–H and O–H groups in total. The fourth-order valence-electron chi connectivity index (χ4n) is 1.98. The van der Waals surface area contributed by atoms with Crippen molar-refractivity contribution in [3.05, 3.63) is 0 Å². The lowest BCUT2D eigenvalue weighted by Crippen LogP contribution is -2.17. The highest BCUT2D eigenvalue weighted by Gasteiger charge is 1.93. The smallest absolute Gasteiger partial charge is 0.207 e. The minimum atomic E-state index is 0.626. The Morgan fingerprint density at radius 1 is 0.833 bits per heavy atom. The van der Waals surface area contributed by atoms with Gasteiger partial charge in [-0.15, -0.1) is 0 Å². The molecule has 0 bridgehead atoms. The predicted octanol–water partition coefficient (Wildman–Crippen LogP) is 3.67. The molecule has 0 atom stereocenters. The summed E-state index contributed by atoms with van der Waals surface area (Å²) in [5.41, 5.74) is 0. The molecule has 3 heteroatoms. The van der Waals surface area contributed by atoms with Crippen molar-refractivity contribution in [2.24, 2.45) is 0 Å². The summed E-state index contributed by atoms with van der Waals surface area (Å²) in [7, 11) is 0. The topological polar surface area (TPSA) is 38.3 Å². The van der Waals surface area contributed by atoms with Crippen LogP contribution >= 0.6 is 0 Å². The van der Waals surface area contributed by atoms with Gasteiger partial charge in [0, 0.05) is 13.2 Å². The maximum absolute atomic E-state index is 9.96. The summed E-state index contributed by atoms with van der Waals surface area (Å²) in [6.45, 7) is 4.35. The Hall–Kier alpha value is -0.570. The molecule has 0 aliphatic rings. The standard InChI is InChI=1S/C15H31NO2/c1-2-3-4-5-6-7-8-9-10-11-13-18-14-12-16-15-17/h15H,2-14H2,1H3,(H,16,17). The molecule has 0 rings (SSSR count). The third kappa shape index (κ3) is 15.4. The van der Waals surface area contributed by atoms with Crippen molar-refractivity contribution in [1.82, 2.24) is 5.32 Å². The lowest BCUT2D eigenvalue weighted by molar-refractivity contribution is -0.109. The van der Waals surface area contributed by atoms with Gasteiger partial charge in [-0.2, -0.15) is 0 Å². The minimum Gasteiger partial charge on any atom is -0.380 e. The molecule has 0 saturated heterocycles. The quantitative estimate of drug-likeness (QED) is 0.359. The zero-order valence-corrected chi connectivity index (χ0v) is 12.1. The summed E-state index contributed by atoms with van der Waals surface area (Å²) in [6, 6.07) is 0. The highest BCUT2D eigenvalue weighted by atomic mass is 16.5. The van der Waals surface area contributed by atoms with Crippen LogP contribution in [-0.2, 0) is 9.53 Å². The van der Waals surface area contributed by atoms with Crippen LogP contribution in [0.15, 0.2) is 0 Å². The molecule has 0 saturated carbocycles. The van der Waals surface area contributed by atoms with E-state index in [1.165, 1.54) is 57.8 Å². The van der Waals surface area contributed by atoms with Crippen LogP contribution in [0.4, 0.5) is 0 Å². The molecule has 0 fully saturated rings. The van der Waals surface area contributed by atoms with E-state index in [-0.39, 0.29) is 0 Å². The molecule has 0 radical (unpaired) electrons. The first-order valence-electron chi connectivity index (χ1n) is 7.66. The molecule has 0 aliphatic carbocycles. The number of carbonyl (C=O) groups excluding carboxylic acids is 1. The van der Waals surface area contributed by atoms with Crippen LogP contribution in [0, 0.1) is 0 Å². The van der Waals surface area contributed by atoms with Crippen molar-refractivity contribution >= 4 is 6.41 Å². The Kier molecular flexibility index (Phi) is 15.9. The first-order valence-corrected chi connectivity index (χ1v) is 7.66. The summed E-state index contributed by atoms with van der Waals surface area (Å²) in [6.07, 6.45) is 14.2. The van der Waals surface area contributed by atoms with Crippen molar-refractivity contribution in [3.8, 4) is 0 Å². The second kappa shape index (κ2) is 16.4. The second-order valence-corrected chi connectivity index (χ2v) is 4.87. The van der Waals surface area contributed by atoms with Crippen LogP contribution in [0.1, 0.15) is 71.1 Å². The number of nitrogens with one attached hydrogen (secondary N) is 1. The van der Waals surface area contributed by atoms with Crippen LogP contribution in [0.5, 0.6) is 0 Å². The number of hydrogen-bond acceptors (Lipinski definition) is 2. The minimum absolute atomic E-state index is 0.626. The summed E-state index contributed by atoms with van der Waals surface area (Å²) >= 11 is 0. The van der Waals surface area contributed by atoms with Crippen LogP contribution in [0.2, 0.25) is 0 Å². The normalized spacial score (nSPS) is 10.5. The highest BCUT2D eigenvalue weighted by molar-refractivity contribution is 5.45. The summed E-state index contributed by atoms with van der Waals surface area (Å²) in [5, 5.41) is 2.58. The molecule has 18 heavy (non-hydrogen) atoms. The second-order valence-electron chi connectivity index (χ2n) is 4.87. The van der Waals surface area contributed by atoms with Crippen LogP contribution in [0.25, 0.3) is 0 Å². The third-order valence-electron chi connectivity index (χ3n) is 3.12. The van der Waals surface area contributed by atoms with Gasteiger partial charge < -0.3 is 10.1 Å². The summed E-state index contributed by atoms with van der Waals surface area (Å²) in [5.74, 6) is 0. The monoisotopic (exact) mass is 257 g/mol. The SMILES string of the molecule is CCCCCCCCCCCCOCCNC=O. The third-order valence-corrected chi connectivity index (χ3v) is 3.12. The van der Waals surface area contributed by atoms with Gasteiger partial charge in [0.2, 0.25) is 6.41 Å². The van der Waals surface area contributed by atoms with E-state index in [9.17, 15) is 4.79 Å². The van der Waals surface area contributed by atoms with Gasteiger partial charge >= 0.3 is 0 Å². The van der Waals surface area contributed by atoms with Crippen molar-refractivity contribution in [1.29, 1.82) is 0 Å². The van der Waals surface area contributed by atoms with E-state index in [0.717, 1.165) is 13.0 Å². The van der Waals surface area contributed by atoms with E-state index in [1.807, 2.05) is 0 Å². The van der Waals surface area contributed by atoms with E-state index in [4.69, 9.17) is 4.74 Å². The van der Waals surface area contributed by atoms with Gasteiger partial charge in [-0.3, -0.25) is 4.79 Å². The fraction of sp³-hybridized carbons (Fsp3) is 0.933. The maximum atomic E-state index is 9.96. The Morgan fingerprint density at radius 2 is 1.39 bits per heavy atom. The lowest BCUT2D eigenvalue weighted by atomic mass is 10.1. The Morgan fingerprint density at radius 3 is 1.94 bits per heavy atom. The fourth-order valence-corrected chi connectivity index (χ4v) is 1.98. The van der Waals surface area contributed by atoms with Crippen LogP contribution in [0.3, 0.4) is 0 Å². The molecule has 1 amide bonds. The van der Waals surface area contributed by atoms with Crippen molar-refractivity contribution in [2.75, 3.05) is 19.8 Å². The van der Waals surface area contributed by atoms with Gasteiger partial charge in [-0.1, -0.05) is 64.7 Å². The van der Waals surface area contributed by atoms with E-state index in [0.29, 0.717) is 19.6 Å². The van der Waals surface area contributed by atoms with Crippen LogP contribution in [-0.4, -0.2) is 26.2 Å². The van der Waals surface area contributed by atoms with Gasteiger partial charge in [-0.25, -0.2) is 0 Å². The van der Waals surface area contributed by atoms with Crippen LogP contribution < -0.4 is 5.32 Å². The van der Waals surface area contributed by atoms with Gasteiger partial charge in [-0.05, 0) is 6.42 Å². The zero-order chi connectivity index (χ0) is 13.3. The number of carbonyl (C=O) groups is 1. The first-order chi connectivity index (χ1) is 8.91. The highest BCUT2D eigenvalue weighted by Crippen LogP contribution is 2.10. The van der Waals surface area contributed by atoms with Gasteiger partial charge in [0.25, 0.3) is 0 Å². The van der Waals surface area contributed by atoms with Gasteiger partial charge in [0.1, 0.15) is 0 Å². The van der Waals surface area contributed by atoms with Crippen molar-refractivity contribution < 1.29 is 9.53 Å². The summed E-state index contributed by atoms with van der Waals surface area (Å²) < 4.78 is 5.39. The Balaban J connectivity index is 2.88. The molecule has 0 spiro atoms. The molecule has 3 nitrogen and oxygen atoms in total. The molecule has 0 aliphatic heterocycles.